The monoisotopic (exact) mass is 350 g/mol. The Balaban J connectivity index is 1.81. The van der Waals surface area contributed by atoms with Crippen LogP contribution in [0.4, 0.5) is 0 Å². The minimum atomic E-state index is -0.0494. The zero-order chi connectivity index (χ0) is 18.5. The van der Waals surface area contributed by atoms with Crippen molar-refractivity contribution in [3.63, 3.8) is 0 Å². The molecular formula is C20H22N4O2. The fourth-order valence-electron chi connectivity index (χ4n) is 2.78. The Hall–Kier alpha value is -3.15. The number of aromatic nitrogens is 4. The topological polar surface area (TPSA) is 61.9 Å². The Morgan fingerprint density at radius 2 is 2.15 bits per heavy atom. The van der Waals surface area contributed by atoms with Crippen LogP contribution in [0, 0.1) is 6.92 Å². The first-order valence-corrected chi connectivity index (χ1v) is 8.51. The highest BCUT2D eigenvalue weighted by molar-refractivity contribution is 6.07. The van der Waals surface area contributed by atoms with Gasteiger partial charge in [0.25, 0.3) is 0 Å². The van der Waals surface area contributed by atoms with Gasteiger partial charge in [-0.05, 0) is 43.7 Å². The Kier molecular flexibility index (Phi) is 5.31. The Morgan fingerprint density at radius 3 is 2.81 bits per heavy atom. The zero-order valence-electron chi connectivity index (χ0n) is 15.2. The molecule has 0 N–H and O–H groups in total. The van der Waals surface area contributed by atoms with E-state index >= 15 is 0 Å². The summed E-state index contributed by atoms with van der Waals surface area (Å²) in [6.07, 6.45) is 8.84. The third kappa shape index (κ3) is 3.91. The van der Waals surface area contributed by atoms with E-state index in [9.17, 15) is 4.79 Å². The fraction of sp³-hybridized carbons (Fsp3) is 0.250. The van der Waals surface area contributed by atoms with Crippen LogP contribution in [0.1, 0.15) is 34.1 Å². The standard InChI is InChI=1S/C20H22N4O2/c1-4-23-14-18(15(2)22-23)19(25)8-6-16-7-9-20(26-3)17(12-16)13-24-11-5-10-21-24/h5-12,14H,4,13H2,1-3H3/b8-6+. The molecule has 0 radical (unpaired) electrons. The number of benzene rings is 1. The summed E-state index contributed by atoms with van der Waals surface area (Å²) in [4.78, 5) is 12.5. The van der Waals surface area contributed by atoms with Crippen molar-refractivity contribution in [2.75, 3.05) is 7.11 Å². The first-order chi connectivity index (χ1) is 12.6. The lowest BCUT2D eigenvalue weighted by Gasteiger charge is -2.09. The molecule has 0 unspecified atom stereocenters. The van der Waals surface area contributed by atoms with Gasteiger partial charge in [-0.15, -0.1) is 0 Å². The molecule has 3 aromatic rings. The number of rotatable bonds is 7. The van der Waals surface area contributed by atoms with Gasteiger partial charge in [0, 0.05) is 30.7 Å². The van der Waals surface area contributed by atoms with Crippen LogP contribution in [0.15, 0.2) is 48.9 Å². The second kappa shape index (κ2) is 7.82. The van der Waals surface area contributed by atoms with Crippen molar-refractivity contribution >= 4 is 11.9 Å². The second-order valence-electron chi connectivity index (χ2n) is 5.96. The molecule has 0 aliphatic rings. The lowest BCUT2D eigenvalue weighted by Crippen LogP contribution is -2.02. The molecule has 2 aromatic heterocycles. The molecule has 0 bridgehead atoms. The van der Waals surface area contributed by atoms with Crippen LogP contribution in [0.3, 0.4) is 0 Å². The van der Waals surface area contributed by atoms with Crippen molar-refractivity contribution in [1.29, 1.82) is 0 Å². The van der Waals surface area contributed by atoms with Crippen LogP contribution < -0.4 is 4.74 Å². The molecular weight excluding hydrogens is 328 g/mol. The highest BCUT2D eigenvalue weighted by Gasteiger charge is 2.10. The molecule has 1 aromatic carbocycles. The fourth-order valence-corrected chi connectivity index (χ4v) is 2.78. The first kappa shape index (κ1) is 17.7. The maximum Gasteiger partial charge on any atom is 0.189 e. The van der Waals surface area contributed by atoms with Crippen LogP contribution in [-0.4, -0.2) is 32.5 Å². The van der Waals surface area contributed by atoms with Gasteiger partial charge < -0.3 is 4.74 Å². The van der Waals surface area contributed by atoms with Gasteiger partial charge >= 0.3 is 0 Å². The molecule has 0 amide bonds. The van der Waals surface area contributed by atoms with E-state index in [1.165, 1.54) is 0 Å². The third-order valence-corrected chi connectivity index (χ3v) is 4.16. The summed E-state index contributed by atoms with van der Waals surface area (Å²) in [5.41, 5.74) is 3.31. The van der Waals surface area contributed by atoms with Crippen LogP contribution >= 0.6 is 0 Å². The Morgan fingerprint density at radius 1 is 1.31 bits per heavy atom. The minimum Gasteiger partial charge on any atom is -0.496 e. The van der Waals surface area contributed by atoms with E-state index in [1.54, 1.807) is 30.3 Å². The molecule has 134 valence electrons. The minimum absolute atomic E-state index is 0.0494. The van der Waals surface area contributed by atoms with Gasteiger partial charge in [0.05, 0.1) is 24.9 Å². The van der Waals surface area contributed by atoms with Gasteiger partial charge in [0.15, 0.2) is 5.78 Å². The van der Waals surface area contributed by atoms with Gasteiger partial charge in [0.2, 0.25) is 0 Å². The quantitative estimate of drug-likeness (QED) is 0.484. The molecule has 0 saturated heterocycles. The summed E-state index contributed by atoms with van der Waals surface area (Å²) in [6, 6.07) is 7.72. The van der Waals surface area contributed by atoms with E-state index in [1.807, 2.05) is 55.1 Å². The van der Waals surface area contributed by atoms with Crippen molar-refractivity contribution in [2.45, 2.75) is 26.9 Å². The van der Waals surface area contributed by atoms with Crippen molar-refractivity contribution in [3.8, 4) is 5.75 Å². The molecule has 3 rings (SSSR count). The van der Waals surface area contributed by atoms with Gasteiger partial charge in [-0.25, -0.2) is 0 Å². The second-order valence-corrected chi connectivity index (χ2v) is 5.96. The van der Waals surface area contributed by atoms with E-state index in [-0.39, 0.29) is 5.78 Å². The maximum absolute atomic E-state index is 12.5. The van der Waals surface area contributed by atoms with Crippen LogP contribution in [-0.2, 0) is 13.1 Å². The number of carbonyl (C=O) groups is 1. The summed E-state index contributed by atoms with van der Waals surface area (Å²) in [7, 11) is 1.65. The molecule has 0 spiro atoms. The molecule has 0 aliphatic heterocycles. The normalized spacial score (nSPS) is 11.2. The molecule has 0 atom stereocenters. The van der Waals surface area contributed by atoms with Crippen LogP contribution in [0.5, 0.6) is 5.75 Å². The number of nitrogens with zero attached hydrogens (tertiary/aromatic N) is 4. The summed E-state index contributed by atoms with van der Waals surface area (Å²) in [5.74, 6) is 0.746. The van der Waals surface area contributed by atoms with Crippen LogP contribution in [0.2, 0.25) is 0 Å². The van der Waals surface area contributed by atoms with Crippen LogP contribution in [0.25, 0.3) is 6.08 Å². The highest BCUT2D eigenvalue weighted by atomic mass is 16.5. The number of methoxy groups -OCH3 is 1. The largest absolute Gasteiger partial charge is 0.496 e. The van der Waals surface area contributed by atoms with E-state index < -0.39 is 0 Å². The summed E-state index contributed by atoms with van der Waals surface area (Å²) in [6.45, 7) is 5.19. The van der Waals surface area contributed by atoms with Gasteiger partial charge in [0.1, 0.15) is 5.75 Å². The number of ether oxygens (including phenoxy) is 1. The predicted octanol–water partition coefficient (Wildman–Crippen LogP) is 3.36. The van der Waals surface area contributed by atoms with E-state index in [0.717, 1.165) is 29.1 Å². The molecule has 6 heteroatoms. The smallest absolute Gasteiger partial charge is 0.189 e. The number of hydrogen-bond donors (Lipinski definition) is 0. The van der Waals surface area contributed by atoms with E-state index in [2.05, 4.69) is 10.2 Å². The molecule has 0 saturated carbocycles. The number of allylic oxidation sites excluding steroid dienone is 1. The number of aryl methyl sites for hydroxylation is 2. The highest BCUT2D eigenvalue weighted by Crippen LogP contribution is 2.22. The maximum atomic E-state index is 12.5. The molecule has 2 heterocycles. The van der Waals surface area contributed by atoms with Gasteiger partial charge in [-0.3, -0.25) is 14.2 Å². The summed E-state index contributed by atoms with van der Waals surface area (Å²) in [5, 5.41) is 8.55. The van der Waals surface area contributed by atoms with E-state index in [4.69, 9.17) is 4.74 Å². The number of ketones is 1. The molecule has 0 aliphatic carbocycles. The van der Waals surface area contributed by atoms with Crippen molar-refractivity contribution < 1.29 is 9.53 Å². The first-order valence-electron chi connectivity index (χ1n) is 8.51. The van der Waals surface area contributed by atoms with Crippen molar-refractivity contribution in [2.24, 2.45) is 0 Å². The summed E-state index contributed by atoms with van der Waals surface area (Å²) < 4.78 is 9.03. The number of carbonyl (C=O) groups excluding carboxylic acids is 1. The third-order valence-electron chi connectivity index (χ3n) is 4.16. The molecule has 6 nitrogen and oxygen atoms in total. The Bertz CT molecular complexity index is 923. The van der Waals surface area contributed by atoms with Crippen molar-refractivity contribution in [1.82, 2.24) is 19.6 Å². The number of hydrogen-bond acceptors (Lipinski definition) is 4. The lowest BCUT2D eigenvalue weighted by atomic mass is 10.1. The zero-order valence-corrected chi connectivity index (χ0v) is 15.2. The van der Waals surface area contributed by atoms with Gasteiger partial charge in [-0.1, -0.05) is 12.1 Å². The predicted molar refractivity (Wildman–Crippen MR) is 100 cm³/mol. The Labute approximate surface area is 152 Å². The van der Waals surface area contributed by atoms with Gasteiger partial charge in [-0.2, -0.15) is 10.2 Å². The average Bonchev–Trinajstić information content (AvgIpc) is 3.29. The van der Waals surface area contributed by atoms with Crippen molar-refractivity contribution in [3.05, 3.63) is 71.3 Å². The molecule has 26 heavy (non-hydrogen) atoms. The average molecular weight is 350 g/mol. The molecule has 0 fully saturated rings. The summed E-state index contributed by atoms with van der Waals surface area (Å²) >= 11 is 0. The lowest BCUT2D eigenvalue weighted by molar-refractivity contribution is 0.104. The SMILES string of the molecule is CCn1cc(C(=O)/C=C/c2ccc(OC)c(Cn3cccn3)c2)c(C)n1. The van der Waals surface area contributed by atoms with E-state index in [0.29, 0.717) is 12.1 Å².